The molecule has 0 heterocycles. The summed E-state index contributed by atoms with van der Waals surface area (Å²) in [6.45, 7) is 3.89. The minimum Gasteiger partial charge on any atom is -0.358 e. The Labute approximate surface area is 81.1 Å². The van der Waals surface area contributed by atoms with Crippen molar-refractivity contribution in [2.75, 3.05) is 14.1 Å². The third-order valence-corrected chi connectivity index (χ3v) is 1.19. The van der Waals surface area contributed by atoms with Crippen molar-refractivity contribution in [3.63, 3.8) is 0 Å². The van der Waals surface area contributed by atoms with E-state index in [2.05, 4.69) is 9.98 Å². The Hall–Kier alpha value is -0.166. The molecule has 0 unspecified atom stereocenters. The second-order valence-corrected chi connectivity index (χ2v) is 1.62. The van der Waals surface area contributed by atoms with Crippen molar-refractivity contribution in [2.24, 2.45) is 9.98 Å². The molecule has 0 saturated carbocycles. The molecule has 0 radical (unpaired) electrons. The van der Waals surface area contributed by atoms with Gasteiger partial charge in [0.2, 0.25) is 0 Å². The van der Waals surface area contributed by atoms with Crippen LogP contribution in [0.15, 0.2) is 9.98 Å². The molecule has 0 atom stereocenters. The van der Waals surface area contributed by atoms with Crippen LogP contribution in [0.1, 0.15) is 13.8 Å². The summed E-state index contributed by atoms with van der Waals surface area (Å²) in [6, 6.07) is 0. The van der Waals surface area contributed by atoms with Gasteiger partial charge in [-0.15, -0.1) is 0 Å². The van der Waals surface area contributed by atoms with Gasteiger partial charge in [0.25, 0.3) is 0 Å². The monoisotopic (exact) mass is 200 g/mol. The summed E-state index contributed by atoms with van der Waals surface area (Å²) in [4.78, 5) is 7.89. The van der Waals surface area contributed by atoms with Gasteiger partial charge in [-0.05, 0) is 13.8 Å². The van der Waals surface area contributed by atoms with E-state index in [1.54, 1.807) is 14.1 Å². The Balaban J connectivity index is -0.0000000817. The molecule has 0 aromatic heterocycles. The Morgan fingerprint density at radius 1 is 0.818 bits per heavy atom. The Bertz CT molecular complexity index is 112. The molecule has 0 fully saturated rings. The van der Waals surface area contributed by atoms with Crippen LogP contribution in [-0.4, -0.2) is 25.5 Å². The van der Waals surface area contributed by atoms with Gasteiger partial charge in [-0.1, -0.05) is 0 Å². The average Bonchev–Trinajstić information content (AvgIpc) is 1.84. The molecular weight excluding hydrogens is 183 g/mol. The quantitative estimate of drug-likeness (QED) is 0.352. The van der Waals surface area contributed by atoms with Gasteiger partial charge in [-0.3, -0.25) is 9.98 Å². The van der Waals surface area contributed by atoms with Gasteiger partial charge in [-0.25, -0.2) is 0 Å². The number of hydrogen-bond acceptors (Lipinski definition) is 2. The van der Waals surface area contributed by atoms with Gasteiger partial charge in [0.05, 0.1) is 11.4 Å². The second-order valence-electron chi connectivity index (χ2n) is 1.62. The number of rotatable bonds is 1. The molecule has 0 N–H and O–H groups in total. The molecule has 0 aliphatic carbocycles. The normalized spacial score (nSPS) is 10.5. The summed E-state index contributed by atoms with van der Waals surface area (Å²) < 4.78 is 0. The fourth-order valence-electron chi connectivity index (χ4n) is 0.324. The third kappa shape index (κ3) is 9.83. The predicted octanol–water partition coefficient (Wildman–Crippen LogP) is 2.07. The van der Waals surface area contributed by atoms with E-state index < -0.39 is 0 Å². The molecule has 0 aliphatic rings. The third-order valence-electron chi connectivity index (χ3n) is 1.19. The molecule has 0 amide bonds. The van der Waals surface area contributed by atoms with Gasteiger partial charge in [-0.2, -0.15) is 0 Å². The van der Waals surface area contributed by atoms with Crippen LogP contribution in [-0.2, 0) is 16.5 Å². The van der Waals surface area contributed by atoms with Crippen LogP contribution in [0.4, 0.5) is 0 Å². The molecule has 0 aliphatic heterocycles. The van der Waals surface area contributed by atoms with Gasteiger partial charge in [0.1, 0.15) is 0 Å². The first-order valence-electron chi connectivity index (χ1n) is 2.59. The van der Waals surface area contributed by atoms with Crippen LogP contribution >= 0.6 is 0 Å². The SMILES string of the molecule is CN=C(C)C(C)=NC.[CH3-].[CH3-].[Ni+2]. The van der Waals surface area contributed by atoms with Crippen molar-refractivity contribution in [3.8, 4) is 0 Å². The first-order valence-corrected chi connectivity index (χ1v) is 2.59. The topological polar surface area (TPSA) is 24.7 Å². The van der Waals surface area contributed by atoms with Gasteiger partial charge < -0.3 is 14.9 Å². The fourth-order valence-corrected chi connectivity index (χ4v) is 0.324. The van der Waals surface area contributed by atoms with Crippen LogP contribution in [0, 0.1) is 14.9 Å². The molecule has 2 nitrogen and oxygen atoms in total. The van der Waals surface area contributed by atoms with Crippen LogP contribution in [0.5, 0.6) is 0 Å². The molecule has 0 aromatic rings. The van der Waals surface area contributed by atoms with Crippen molar-refractivity contribution in [3.05, 3.63) is 14.9 Å². The first-order chi connectivity index (χ1) is 3.72. The first kappa shape index (κ1) is 22.4. The maximum Gasteiger partial charge on any atom is 2.00 e. The fraction of sp³-hybridized carbons (Fsp3) is 0.500. The molecular formula is C8H18N2Ni. The maximum absolute atomic E-state index is 3.95. The van der Waals surface area contributed by atoms with Gasteiger partial charge >= 0.3 is 16.5 Å². The van der Waals surface area contributed by atoms with Crippen LogP contribution in [0.25, 0.3) is 0 Å². The van der Waals surface area contributed by atoms with Crippen molar-refractivity contribution < 1.29 is 16.5 Å². The largest absolute Gasteiger partial charge is 2.00 e. The van der Waals surface area contributed by atoms with E-state index in [0.717, 1.165) is 11.4 Å². The molecule has 0 aromatic carbocycles. The van der Waals surface area contributed by atoms with Crippen LogP contribution < -0.4 is 0 Å². The number of aliphatic imine (C=N–C) groups is 2. The van der Waals surface area contributed by atoms with Crippen molar-refractivity contribution in [1.82, 2.24) is 0 Å². The van der Waals surface area contributed by atoms with E-state index in [9.17, 15) is 0 Å². The molecule has 0 bridgehead atoms. The average molecular weight is 201 g/mol. The van der Waals surface area contributed by atoms with Crippen LogP contribution in [0.2, 0.25) is 0 Å². The standard InChI is InChI=1S/C6H12N2.2CH3.Ni/c1-5(7-3)6(2)8-4;;;/h1-4H3;2*1H3;/q;2*-1;+2. The van der Waals surface area contributed by atoms with E-state index in [-0.39, 0.29) is 31.3 Å². The minimum atomic E-state index is 0. The molecule has 70 valence electrons. The zero-order valence-corrected chi connectivity index (χ0v) is 9.20. The van der Waals surface area contributed by atoms with E-state index in [1.165, 1.54) is 0 Å². The summed E-state index contributed by atoms with van der Waals surface area (Å²) in [5.41, 5.74) is 2.01. The summed E-state index contributed by atoms with van der Waals surface area (Å²) in [5.74, 6) is 0. The van der Waals surface area contributed by atoms with E-state index in [0.29, 0.717) is 0 Å². The number of hydrogen-bond donors (Lipinski definition) is 0. The molecule has 0 rings (SSSR count). The summed E-state index contributed by atoms with van der Waals surface area (Å²) >= 11 is 0. The number of nitrogens with zero attached hydrogens (tertiary/aromatic N) is 2. The Kier molecular flexibility index (Phi) is 25.5. The summed E-state index contributed by atoms with van der Waals surface area (Å²) in [7, 11) is 3.54. The molecule has 11 heavy (non-hydrogen) atoms. The Morgan fingerprint density at radius 3 is 1.09 bits per heavy atom. The molecule has 0 saturated heterocycles. The van der Waals surface area contributed by atoms with E-state index in [4.69, 9.17) is 0 Å². The van der Waals surface area contributed by atoms with Gasteiger partial charge in [0, 0.05) is 14.1 Å². The molecule has 0 spiro atoms. The zero-order chi connectivity index (χ0) is 6.57. The van der Waals surface area contributed by atoms with Gasteiger partial charge in [0.15, 0.2) is 0 Å². The second kappa shape index (κ2) is 12.5. The Morgan fingerprint density at radius 2 is 1.00 bits per heavy atom. The van der Waals surface area contributed by atoms with Crippen molar-refractivity contribution in [2.45, 2.75) is 13.8 Å². The van der Waals surface area contributed by atoms with E-state index in [1.807, 2.05) is 13.8 Å². The summed E-state index contributed by atoms with van der Waals surface area (Å²) in [5, 5.41) is 0. The maximum atomic E-state index is 3.95. The smallest absolute Gasteiger partial charge is 0.358 e. The van der Waals surface area contributed by atoms with E-state index >= 15 is 0 Å². The molecule has 3 heteroatoms. The van der Waals surface area contributed by atoms with Crippen molar-refractivity contribution in [1.29, 1.82) is 0 Å². The van der Waals surface area contributed by atoms with Crippen LogP contribution in [0.3, 0.4) is 0 Å². The predicted molar refractivity (Wildman–Crippen MR) is 50.9 cm³/mol. The zero-order valence-electron chi connectivity index (χ0n) is 8.21. The van der Waals surface area contributed by atoms with Crippen molar-refractivity contribution >= 4 is 11.4 Å². The minimum absolute atomic E-state index is 0. The summed E-state index contributed by atoms with van der Waals surface area (Å²) in [6.07, 6.45) is 0.